The first kappa shape index (κ1) is 18.7. The van der Waals surface area contributed by atoms with Crippen molar-refractivity contribution in [3.05, 3.63) is 66.1 Å². The number of halogens is 1. The molecule has 0 saturated heterocycles. The second-order valence-corrected chi connectivity index (χ2v) is 5.49. The van der Waals surface area contributed by atoms with Crippen LogP contribution in [0, 0.1) is 0 Å². The van der Waals surface area contributed by atoms with Crippen molar-refractivity contribution in [2.24, 2.45) is 0 Å². The van der Waals surface area contributed by atoms with Crippen LogP contribution in [0.25, 0.3) is 16.9 Å². The van der Waals surface area contributed by atoms with Gasteiger partial charge < -0.3 is 10.9 Å². The van der Waals surface area contributed by atoms with Gasteiger partial charge in [0.1, 0.15) is 5.82 Å². The Morgan fingerprint density at radius 1 is 0.962 bits per heavy atom. The van der Waals surface area contributed by atoms with Gasteiger partial charge >= 0.3 is 35.6 Å². The standard InChI is InChI=1S/C18H13ClN4O2.Na.H/c1-24-14-8-4-5-9-15(14)25-18-21-12-6-2-3-7-13(12)23(18)16-10-11-20-17(19)22-16;;/h2-11H,1H3;;/q;+1;-1. The van der Waals surface area contributed by atoms with Crippen LogP contribution < -0.4 is 39.0 Å². The molecule has 2 aromatic carbocycles. The van der Waals surface area contributed by atoms with Gasteiger partial charge in [0.25, 0.3) is 0 Å². The normalized spacial score (nSPS) is 10.4. The first-order chi connectivity index (χ1) is 12.3. The average molecular weight is 377 g/mol. The fraction of sp³-hybridized carbons (Fsp3) is 0.0556. The minimum absolute atomic E-state index is 0. The Bertz CT molecular complexity index is 1060. The number of methoxy groups -OCH3 is 1. The monoisotopic (exact) mass is 376 g/mol. The molecular weight excluding hydrogens is 363 g/mol. The zero-order valence-corrected chi connectivity index (χ0v) is 17.0. The van der Waals surface area contributed by atoms with Gasteiger partial charge in [-0.15, -0.1) is 0 Å². The van der Waals surface area contributed by atoms with Crippen LogP contribution in [0.15, 0.2) is 60.8 Å². The molecule has 0 unspecified atom stereocenters. The van der Waals surface area contributed by atoms with E-state index in [1.165, 1.54) is 0 Å². The molecule has 126 valence electrons. The topological polar surface area (TPSA) is 62.1 Å². The van der Waals surface area contributed by atoms with Crippen LogP contribution in [-0.4, -0.2) is 26.6 Å². The number of fused-ring (bicyclic) bond motifs is 1. The third kappa shape index (κ3) is 3.54. The van der Waals surface area contributed by atoms with Crippen molar-refractivity contribution >= 4 is 22.6 Å². The molecule has 0 radical (unpaired) electrons. The van der Waals surface area contributed by atoms with E-state index in [9.17, 15) is 0 Å². The van der Waals surface area contributed by atoms with E-state index in [-0.39, 0.29) is 36.3 Å². The summed E-state index contributed by atoms with van der Waals surface area (Å²) in [6.45, 7) is 0. The summed E-state index contributed by atoms with van der Waals surface area (Å²) in [5.41, 5.74) is 1.63. The summed E-state index contributed by atoms with van der Waals surface area (Å²) in [5, 5.41) is 0.151. The van der Waals surface area contributed by atoms with Gasteiger partial charge in [0.05, 0.1) is 18.1 Å². The number of aromatic nitrogens is 4. The van der Waals surface area contributed by atoms with E-state index in [1.54, 1.807) is 23.9 Å². The van der Waals surface area contributed by atoms with E-state index in [0.717, 1.165) is 11.0 Å². The van der Waals surface area contributed by atoms with E-state index >= 15 is 0 Å². The van der Waals surface area contributed by atoms with Crippen molar-refractivity contribution in [2.75, 3.05) is 7.11 Å². The molecule has 4 rings (SSSR count). The Morgan fingerprint density at radius 2 is 1.69 bits per heavy atom. The van der Waals surface area contributed by atoms with Crippen molar-refractivity contribution in [3.8, 4) is 23.3 Å². The van der Waals surface area contributed by atoms with Gasteiger partial charge in [0.2, 0.25) is 5.28 Å². The summed E-state index contributed by atoms with van der Waals surface area (Å²) in [7, 11) is 1.59. The molecule has 8 heteroatoms. The number of rotatable bonds is 4. The van der Waals surface area contributed by atoms with E-state index in [0.29, 0.717) is 23.3 Å². The maximum absolute atomic E-state index is 6.03. The predicted molar refractivity (Wildman–Crippen MR) is 95.9 cm³/mol. The first-order valence-electron chi connectivity index (χ1n) is 7.53. The zero-order valence-electron chi connectivity index (χ0n) is 15.3. The molecule has 0 aliphatic heterocycles. The molecule has 0 atom stereocenters. The maximum Gasteiger partial charge on any atom is 1.00 e. The van der Waals surface area contributed by atoms with Crippen LogP contribution in [0.2, 0.25) is 5.28 Å². The van der Waals surface area contributed by atoms with Gasteiger partial charge in [-0.3, -0.25) is 0 Å². The summed E-state index contributed by atoms with van der Waals surface area (Å²) in [4.78, 5) is 12.8. The fourth-order valence-corrected chi connectivity index (χ4v) is 2.69. The molecular formula is C18H14ClN4NaO2. The Labute approximate surface area is 178 Å². The Balaban J connectivity index is 0.00000131. The van der Waals surface area contributed by atoms with Gasteiger partial charge in [0.15, 0.2) is 11.5 Å². The molecule has 0 spiro atoms. The molecule has 0 saturated carbocycles. The van der Waals surface area contributed by atoms with Crippen LogP contribution in [-0.2, 0) is 0 Å². The molecule has 2 aromatic heterocycles. The van der Waals surface area contributed by atoms with Crippen molar-refractivity contribution in [1.29, 1.82) is 0 Å². The van der Waals surface area contributed by atoms with Crippen molar-refractivity contribution in [3.63, 3.8) is 0 Å². The number of hydrogen-bond acceptors (Lipinski definition) is 5. The molecule has 26 heavy (non-hydrogen) atoms. The minimum atomic E-state index is 0. The SMILES string of the molecule is COc1ccccc1Oc1nc2ccccc2n1-c1ccnc(Cl)n1.[H-].[Na+]. The van der Waals surface area contributed by atoms with E-state index < -0.39 is 0 Å². The molecule has 0 aliphatic rings. The fourth-order valence-electron chi connectivity index (χ4n) is 2.55. The van der Waals surface area contributed by atoms with Gasteiger partial charge in [-0.05, 0) is 35.9 Å². The number of para-hydroxylation sites is 4. The van der Waals surface area contributed by atoms with Gasteiger partial charge in [0, 0.05) is 12.3 Å². The number of hydrogen-bond donors (Lipinski definition) is 0. The van der Waals surface area contributed by atoms with Crippen molar-refractivity contribution in [1.82, 2.24) is 19.5 Å². The summed E-state index contributed by atoms with van der Waals surface area (Å²) in [5.74, 6) is 1.74. The number of ether oxygens (including phenoxy) is 2. The molecule has 0 bridgehead atoms. The van der Waals surface area contributed by atoms with Crippen LogP contribution in [0.4, 0.5) is 0 Å². The Morgan fingerprint density at radius 3 is 2.46 bits per heavy atom. The molecule has 4 aromatic rings. The Hall–Kier alpha value is -2.12. The maximum atomic E-state index is 6.03. The molecule has 2 heterocycles. The molecule has 0 amide bonds. The molecule has 0 aliphatic carbocycles. The zero-order chi connectivity index (χ0) is 17.2. The largest absolute Gasteiger partial charge is 1.00 e. The second-order valence-electron chi connectivity index (χ2n) is 5.16. The van der Waals surface area contributed by atoms with E-state index in [2.05, 4.69) is 15.0 Å². The quantitative estimate of drug-likeness (QED) is 0.398. The number of imidazole rings is 1. The smallest absolute Gasteiger partial charge is 1.00 e. The van der Waals surface area contributed by atoms with Crippen LogP contribution in [0.3, 0.4) is 0 Å². The summed E-state index contributed by atoms with van der Waals surface area (Å²) in [6.07, 6.45) is 1.59. The summed E-state index contributed by atoms with van der Waals surface area (Å²) >= 11 is 5.96. The van der Waals surface area contributed by atoms with E-state index in [4.69, 9.17) is 21.1 Å². The van der Waals surface area contributed by atoms with Crippen molar-refractivity contribution in [2.45, 2.75) is 0 Å². The van der Waals surface area contributed by atoms with Crippen LogP contribution in [0.1, 0.15) is 1.43 Å². The first-order valence-corrected chi connectivity index (χ1v) is 7.91. The summed E-state index contributed by atoms with van der Waals surface area (Å²) in [6, 6.07) is 17.2. The van der Waals surface area contributed by atoms with Gasteiger partial charge in [-0.25, -0.2) is 9.55 Å². The molecule has 6 nitrogen and oxygen atoms in total. The minimum Gasteiger partial charge on any atom is -1.00 e. The van der Waals surface area contributed by atoms with E-state index in [1.807, 2.05) is 48.5 Å². The molecule has 0 fully saturated rings. The van der Waals surface area contributed by atoms with Gasteiger partial charge in [-0.2, -0.15) is 9.97 Å². The van der Waals surface area contributed by atoms with Crippen LogP contribution >= 0.6 is 11.6 Å². The Kier molecular flexibility index (Phi) is 5.78. The second kappa shape index (κ2) is 8.05. The number of benzene rings is 2. The summed E-state index contributed by atoms with van der Waals surface area (Å²) < 4.78 is 13.2. The molecule has 0 N–H and O–H groups in total. The van der Waals surface area contributed by atoms with Crippen LogP contribution in [0.5, 0.6) is 17.5 Å². The van der Waals surface area contributed by atoms with Crippen molar-refractivity contribution < 1.29 is 40.5 Å². The average Bonchev–Trinajstić information content (AvgIpc) is 3.00. The number of nitrogens with zero attached hydrogens (tertiary/aromatic N) is 4. The third-order valence-corrected chi connectivity index (χ3v) is 3.82. The predicted octanol–water partition coefficient (Wildman–Crippen LogP) is 1.39. The third-order valence-electron chi connectivity index (χ3n) is 3.64. The van der Waals surface area contributed by atoms with Gasteiger partial charge in [-0.1, -0.05) is 24.3 Å².